The molecule has 136 valence electrons. The average molecular weight is 379 g/mol. The SMILES string of the molecule is O=C(CSc1n[nH]c(=O)n1CCc1ccccc1)c1cc2ccccc2o1. The number of para-hydroxylation sites is 1. The van der Waals surface area contributed by atoms with Crippen molar-refractivity contribution < 1.29 is 9.21 Å². The van der Waals surface area contributed by atoms with Gasteiger partial charge in [-0.2, -0.15) is 0 Å². The van der Waals surface area contributed by atoms with Crippen molar-refractivity contribution in [2.24, 2.45) is 0 Å². The number of furan rings is 1. The van der Waals surface area contributed by atoms with Crippen LogP contribution < -0.4 is 5.69 Å². The second kappa shape index (κ2) is 7.67. The van der Waals surface area contributed by atoms with Crippen LogP contribution in [-0.2, 0) is 13.0 Å². The number of fused-ring (bicyclic) bond motifs is 1. The molecule has 0 aliphatic carbocycles. The number of ketones is 1. The summed E-state index contributed by atoms with van der Waals surface area (Å²) in [5.74, 6) is 0.328. The number of aromatic amines is 1. The van der Waals surface area contributed by atoms with Crippen molar-refractivity contribution in [2.45, 2.75) is 18.1 Å². The number of benzene rings is 2. The van der Waals surface area contributed by atoms with Gasteiger partial charge in [0.1, 0.15) is 5.58 Å². The van der Waals surface area contributed by atoms with Crippen LogP contribution in [0, 0.1) is 0 Å². The minimum Gasteiger partial charge on any atom is -0.453 e. The van der Waals surface area contributed by atoms with Gasteiger partial charge in [0, 0.05) is 11.9 Å². The van der Waals surface area contributed by atoms with E-state index in [-0.39, 0.29) is 17.2 Å². The summed E-state index contributed by atoms with van der Waals surface area (Å²) in [6.07, 6.45) is 0.714. The van der Waals surface area contributed by atoms with E-state index in [1.165, 1.54) is 11.8 Å². The van der Waals surface area contributed by atoms with E-state index in [2.05, 4.69) is 10.2 Å². The molecule has 0 radical (unpaired) electrons. The molecule has 0 spiro atoms. The van der Waals surface area contributed by atoms with Crippen LogP contribution >= 0.6 is 11.8 Å². The number of nitrogens with zero attached hydrogens (tertiary/aromatic N) is 2. The van der Waals surface area contributed by atoms with Gasteiger partial charge in [0.05, 0.1) is 5.75 Å². The van der Waals surface area contributed by atoms with E-state index in [4.69, 9.17) is 4.42 Å². The number of aromatic nitrogens is 3. The largest absolute Gasteiger partial charge is 0.453 e. The molecule has 0 amide bonds. The lowest BCUT2D eigenvalue weighted by Gasteiger charge is -2.05. The van der Waals surface area contributed by atoms with Crippen LogP contribution in [0.15, 0.2) is 75.0 Å². The molecule has 0 aliphatic heterocycles. The zero-order valence-electron chi connectivity index (χ0n) is 14.4. The molecule has 1 N–H and O–H groups in total. The molecular formula is C20H17N3O3S. The summed E-state index contributed by atoms with van der Waals surface area (Å²) in [6, 6.07) is 19.2. The Morgan fingerprint density at radius 3 is 2.70 bits per heavy atom. The summed E-state index contributed by atoms with van der Waals surface area (Å²) in [5.41, 5.74) is 1.55. The van der Waals surface area contributed by atoms with Crippen molar-refractivity contribution in [3.8, 4) is 0 Å². The quantitative estimate of drug-likeness (QED) is 0.392. The summed E-state index contributed by atoms with van der Waals surface area (Å²) in [4.78, 5) is 24.5. The normalized spacial score (nSPS) is 11.1. The molecule has 2 aromatic carbocycles. The van der Waals surface area contributed by atoms with Gasteiger partial charge in [-0.3, -0.25) is 9.36 Å². The van der Waals surface area contributed by atoms with E-state index in [0.29, 0.717) is 29.5 Å². The molecule has 27 heavy (non-hydrogen) atoms. The average Bonchev–Trinajstić information content (AvgIpc) is 3.29. The molecule has 4 rings (SSSR count). The zero-order valence-corrected chi connectivity index (χ0v) is 15.2. The minimum atomic E-state index is -0.274. The van der Waals surface area contributed by atoms with E-state index < -0.39 is 0 Å². The van der Waals surface area contributed by atoms with Gasteiger partial charge in [-0.1, -0.05) is 60.3 Å². The summed E-state index contributed by atoms with van der Waals surface area (Å²) in [6.45, 7) is 0.501. The van der Waals surface area contributed by atoms with Crippen molar-refractivity contribution in [3.63, 3.8) is 0 Å². The van der Waals surface area contributed by atoms with Crippen LogP contribution in [0.1, 0.15) is 16.1 Å². The van der Waals surface area contributed by atoms with Crippen molar-refractivity contribution in [3.05, 3.63) is 82.5 Å². The first-order valence-corrected chi connectivity index (χ1v) is 9.53. The second-order valence-electron chi connectivity index (χ2n) is 6.06. The third-order valence-corrected chi connectivity index (χ3v) is 5.20. The molecule has 0 aliphatic rings. The number of nitrogens with one attached hydrogen (secondary N) is 1. The Hall–Kier alpha value is -3.06. The molecule has 4 aromatic rings. The highest BCUT2D eigenvalue weighted by molar-refractivity contribution is 7.99. The first-order chi connectivity index (χ1) is 13.2. The lowest BCUT2D eigenvalue weighted by atomic mass is 10.1. The zero-order chi connectivity index (χ0) is 18.6. The second-order valence-corrected chi connectivity index (χ2v) is 7.00. The molecule has 0 saturated carbocycles. The molecule has 0 unspecified atom stereocenters. The Morgan fingerprint density at radius 1 is 1.11 bits per heavy atom. The Labute approximate surface area is 159 Å². The highest BCUT2D eigenvalue weighted by Gasteiger charge is 2.16. The first kappa shape index (κ1) is 17.4. The molecule has 0 bridgehead atoms. The Kier molecular flexibility index (Phi) is 4.93. The lowest BCUT2D eigenvalue weighted by molar-refractivity contribution is 0.0994. The topological polar surface area (TPSA) is 80.9 Å². The Balaban J connectivity index is 1.43. The van der Waals surface area contributed by atoms with Gasteiger partial charge in [0.2, 0.25) is 5.78 Å². The maximum Gasteiger partial charge on any atom is 0.343 e. The van der Waals surface area contributed by atoms with Gasteiger partial charge >= 0.3 is 5.69 Å². The van der Waals surface area contributed by atoms with Crippen LogP contribution in [0.3, 0.4) is 0 Å². The monoisotopic (exact) mass is 379 g/mol. The first-order valence-electron chi connectivity index (χ1n) is 8.54. The fraction of sp³-hybridized carbons (Fsp3) is 0.150. The predicted octanol–water partition coefficient (Wildman–Crippen LogP) is 3.54. The number of H-pyrrole nitrogens is 1. The maximum absolute atomic E-state index is 12.4. The number of rotatable bonds is 7. The lowest BCUT2D eigenvalue weighted by Crippen LogP contribution is -2.19. The number of carbonyl (C=O) groups excluding carboxylic acids is 1. The number of hydrogen-bond acceptors (Lipinski definition) is 5. The smallest absolute Gasteiger partial charge is 0.343 e. The van der Waals surface area contributed by atoms with Crippen LogP contribution in [0.5, 0.6) is 0 Å². The van der Waals surface area contributed by atoms with E-state index in [0.717, 1.165) is 10.9 Å². The molecule has 0 saturated heterocycles. The number of hydrogen-bond donors (Lipinski definition) is 1. The number of Topliss-reactive ketones (excluding diaryl/α,β-unsaturated/α-hetero) is 1. The van der Waals surface area contributed by atoms with E-state index >= 15 is 0 Å². The van der Waals surface area contributed by atoms with Crippen LogP contribution in [-0.4, -0.2) is 26.3 Å². The highest BCUT2D eigenvalue weighted by Crippen LogP contribution is 2.22. The van der Waals surface area contributed by atoms with Crippen molar-refractivity contribution in [2.75, 3.05) is 5.75 Å². The van der Waals surface area contributed by atoms with Crippen LogP contribution in [0.25, 0.3) is 11.0 Å². The summed E-state index contributed by atoms with van der Waals surface area (Å²) >= 11 is 1.23. The number of thioether (sulfide) groups is 1. The van der Waals surface area contributed by atoms with Gasteiger partial charge in [0.15, 0.2) is 10.9 Å². The van der Waals surface area contributed by atoms with Gasteiger partial charge in [-0.15, -0.1) is 5.10 Å². The van der Waals surface area contributed by atoms with Crippen LogP contribution in [0.4, 0.5) is 0 Å². The van der Waals surface area contributed by atoms with Crippen LogP contribution in [0.2, 0.25) is 0 Å². The standard InChI is InChI=1S/C20H17N3O3S/c24-16(18-12-15-8-4-5-9-17(15)26-18)13-27-20-22-21-19(25)23(20)11-10-14-6-2-1-3-7-14/h1-9,12H,10-11,13H2,(H,21,25). The van der Waals surface area contributed by atoms with Gasteiger partial charge < -0.3 is 4.42 Å². The maximum atomic E-state index is 12.4. The molecular weight excluding hydrogens is 362 g/mol. The van der Waals surface area contributed by atoms with Gasteiger partial charge in [-0.25, -0.2) is 9.89 Å². The summed E-state index contributed by atoms with van der Waals surface area (Å²) in [5, 5.41) is 7.90. The molecule has 0 fully saturated rings. The highest BCUT2D eigenvalue weighted by atomic mass is 32.2. The predicted molar refractivity (Wildman–Crippen MR) is 104 cm³/mol. The molecule has 2 aromatic heterocycles. The Morgan fingerprint density at radius 2 is 1.89 bits per heavy atom. The van der Waals surface area contributed by atoms with Crippen molar-refractivity contribution in [1.29, 1.82) is 0 Å². The van der Waals surface area contributed by atoms with E-state index in [1.807, 2.05) is 54.6 Å². The van der Waals surface area contributed by atoms with E-state index in [9.17, 15) is 9.59 Å². The van der Waals surface area contributed by atoms with Crippen molar-refractivity contribution in [1.82, 2.24) is 14.8 Å². The third-order valence-electron chi connectivity index (χ3n) is 4.22. The minimum absolute atomic E-state index is 0.138. The fourth-order valence-electron chi connectivity index (χ4n) is 2.82. The molecule has 0 atom stereocenters. The molecule has 2 heterocycles. The molecule has 7 heteroatoms. The summed E-state index contributed by atoms with van der Waals surface area (Å²) in [7, 11) is 0. The molecule has 6 nitrogen and oxygen atoms in total. The van der Waals surface area contributed by atoms with Crippen molar-refractivity contribution >= 4 is 28.5 Å². The number of aryl methyl sites for hydroxylation is 1. The van der Waals surface area contributed by atoms with E-state index in [1.54, 1.807) is 10.6 Å². The van der Waals surface area contributed by atoms with Gasteiger partial charge in [-0.05, 0) is 24.1 Å². The van der Waals surface area contributed by atoms with Gasteiger partial charge in [0.25, 0.3) is 0 Å². The Bertz CT molecular complexity index is 1100. The number of carbonyl (C=O) groups is 1. The summed E-state index contributed by atoms with van der Waals surface area (Å²) < 4.78 is 7.16. The third kappa shape index (κ3) is 3.88. The fourth-order valence-corrected chi connectivity index (χ4v) is 3.66.